The molecule has 6 nitrogen and oxygen atoms in total. The van der Waals surface area contributed by atoms with Gasteiger partial charge in [-0.3, -0.25) is 9.78 Å². The Morgan fingerprint density at radius 1 is 1.14 bits per heavy atom. The molecule has 1 aromatic heterocycles. The molecule has 0 saturated carbocycles. The number of carbonyl (C=O) groups excluding carboxylic acids is 1. The molecule has 0 radical (unpaired) electrons. The molecular formula is C27H39Cl2N5O. The predicted octanol–water partition coefficient (Wildman–Crippen LogP) is 6.12. The van der Waals surface area contributed by atoms with E-state index >= 15 is 0 Å². The number of piperidine rings is 1. The van der Waals surface area contributed by atoms with E-state index in [1.165, 1.54) is 43.5 Å². The van der Waals surface area contributed by atoms with Gasteiger partial charge in [-0.15, -0.1) is 0 Å². The molecule has 0 unspecified atom stereocenters. The number of aryl methyl sites for hydroxylation is 1. The quantitative estimate of drug-likeness (QED) is 0.325. The van der Waals surface area contributed by atoms with Crippen LogP contribution in [0.25, 0.3) is 5.70 Å². The fourth-order valence-corrected chi connectivity index (χ4v) is 4.06. The zero-order valence-corrected chi connectivity index (χ0v) is 22.8. The normalized spacial score (nSPS) is 12.8. The molecule has 0 spiro atoms. The highest BCUT2D eigenvalue weighted by Crippen LogP contribution is 2.22. The van der Waals surface area contributed by atoms with Crippen LogP contribution in [0.2, 0.25) is 10.0 Å². The molecule has 1 aliphatic rings. The molecule has 1 amide bonds. The Morgan fingerprint density at radius 3 is 2.29 bits per heavy atom. The summed E-state index contributed by atoms with van der Waals surface area (Å²) in [5, 5.41) is 7.89. The highest BCUT2D eigenvalue weighted by Gasteiger charge is 2.09. The fraction of sp³-hybridized carbons (Fsp3) is 0.444. The van der Waals surface area contributed by atoms with E-state index < -0.39 is 0 Å². The van der Waals surface area contributed by atoms with Gasteiger partial charge in [0.15, 0.2) is 0 Å². The SMILES string of the molecule is C=C(NCCN1CCCCC1)c1cccc(C)c1.C=NNC(=O)CC.CCc1c(Cl)cncc1Cl. The molecule has 0 bridgehead atoms. The Labute approximate surface area is 220 Å². The van der Waals surface area contributed by atoms with Gasteiger partial charge >= 0.3 is 0 Å². The summed E-state index contributed by atoms with van der Waals surface area (Å²) >= 11 is 11.6. The molecule has 0 aliphatic carbocycles. The zero-order valence-electron chi connectivity index (χ0n) is 21.2. The van der Waals surface area contributed by atoms with Gasteiger partial charge in [-0.1, -0.05) is 73.8 Å². The lowest BCUT2D eigenvalue weighted by molar-refractivity contribution is -0.120. The first kappa shape index (κ1) is 30.6. The van der Waals surface area contributed by atoms with E-state index in [0.29, 0.717) is 16.5 Å². The number of benzene rings is 1. The van der Waals surface area contributed by atoms with E-state index in [4.69, 9.17) is 23.2 Å². The number of nitrogens with zero attached hydrogens (tertiary/aromatic N) is 3. The largest absolute Gasteiger partial charge is 0.384 e. The van der Waals surface area contributed by atoms with E-state index in [-0.39, 0.29) is 5.91 Å². The number of halogens is 2. The Bertz CT molecular complexity index is 909. The Morgan fingerprint density at radius 2 is 1.80 bits per heavy atom. The summed E-state index contributed by atoms with van der Waals surface area (Å²) in [7, 11) is 0. The van der Waals surface area contributed by atoms with Gasteiger partial charge < -0.3 is 10.2 Å². The van der Waals surface area contributed by atoms with Gasteiger partial charge in [-0.2, -0.15) is 5.10 Å². The average Bonchev–Trinajstić information content (AvgIpc) is 2.86. The van der Waals surface area contributed by atoms with Crippen molar-refractivity contribution in [2.75, 3.05) is 26.2 Å². The van der Waals surface area contributed by atoms with Crippen LogP contribution in [0.3, 0.4) is 0 Å². The van der Waals surface area contributed by atoms with Gasteiger partial charge in [0.25, 0.3) is 0 Å². The number of hydrogen-bond donors (Lipinski definition) is 2. The predicted molar refractivity (Wildman–Crippen MR) is 150 cm³/mol. The second kappa shape index (κ2) is 17.9. The number of aromatic nitrogens is 1. The Hall–Kier alpha value is -2.41. The number of hydrazone groups is 1. The van der Waals surface area contributed by atoms with Gasteiger partial charge in [-0.25, -0.2) is 5.43 Å². The highest BCUT2D eigenvalue weighted by atomic mass is 35.5. The van der Waals surface area contributed by atoms with Crippen molar-refractivity contribution in [3.63, 3.8) is 0 Å². The molecule has 2 N–H and O–H groups in total. The average molecular weight is 521 g/mol. The van der Waals surface area contributed by atoms with Crippen LogP contribution in [0, 0.1) is 6.92 Å². The van der Waals surface area contributed by atoms with Crippen molar-refractivity contribution < 1.29 is 4.79 Å². The lowest BCUT2D eigenvalue weighted by Crippen LogP contribution is -2.35. The van der Waals surface area contributed by atoms with Crippen LogP contribution in [0.4, 0.5) is 0 Å². The molecule has 2 aromatic rings. The fourth-order valence-electron chi connectivity index (χ4n) is 3.43. The summed E-state index contributed by atoms with van der Waals surface area (Å²) in [4.78, 5) is 16.5. The number of likely N-dealkylation sites (tertiary alicyclic amines) is 1. The van der Waals surface area contributed by atoms with Crippen LogP contribution in [0.1, 0.15) is 56.2 Å². The number of amides is 1. The number of rotatable bonds is 8. The monoisotopic (exact) mass is 519 g/mol. The van der Waals surface area contributed by atoms with Gasteiger partial charge in [0.2, 0.25) is 5.91 Å². The van der Waals surface area contributed by atoms with Crippen LogP contribution < -0.4 is 10.7 Å². The number of nitrogens with one attached hydrogen (secondary N) is 2. The minimum atomic E-state index is -0.102. The first-order valence-corrected chi connectivity index (χ1v) is 12.8. The van der Waals surface area contributed by atoms with E-state index in [1.54, 1.807) is 19.3 Å². The molecule has 192 valence electrons. The molecule has 8 heteroatoms. The summed E-state index contributed by atoms with van der Waals surface area (Å²) in [5.74, 6) is -0.102. The van der Waals surface area contributed by atoms with Crippen molar-refractivity contribution in [3.8, 4) is 0 Å². The summed E-state index contributed by atoms with van der Waals surface area (Å²) in [6.45, 7) is 17.7. The number of hydrogen-bond acceptors (Lipinski definition) is 5. The molecule has 1 aliphatic heterocycles. The van der Waals surface area contributed by atoms with Crippen LogP contribution in [0.15, 0.2) is 48.3 Å². The molecule has 1 saturated heterocycles. The first-order chi connectivity index (χ1) is 16.8. The smallest absolute Gasteiger partial charge is 0.239 e. The van der Waals surface area contributed by atoms with E-state index in [2.05, 4.69) is 70.2 Å². The Balaban J connectivity index is 0.000000303. The van der Waals surface area contributed by atoms with Gasteiger partial charge in [0.1, 0.15) is 0 Å². The van der Waals surface area contributed by atoms with Crippen molar-refractivity contribution >= 4 is 41.5 Å². The standard InChI is InChI=1S/C16H24N2.C7H7Cl2N.C4H8N2O/c1-14-7-6-8-16(13-14)15(2)17-9-12-18-10-4-3-5-11-18;1-2-5-6(8)3-10-4-7(5)9;1-3-4(7)6-5-2/h6-8,13,17H,2-5,9-12H2,1H3;3-4H,2H2,1H3;2-3H2,1H3,(H,6,7). The lowest BCUT2D eigenvalue weighted by Gasteiger charge is -2.26. The Kier molecular flexibility index (Phi) is 15.7. The minimum absolute atomic E-state index is 0.102. The second-order valence-corrected chi connectivity index (χ2v) is 8.97. The van der Waals surface area contributed by atoms with Crippen molar-refractivity contribution in [1.82, 2.24) is 20.6 Å². The van der Waals surface area contributed by atoms with Gasteiger partial charge in [0.05, 0.1) is 10.0 Å². The van der Waals surface area contributed by atoms with Gasteiger partial charge in [0, 0.05) is 44.3 Å². The molecule has 0 atom stereocenters. The maximum absolute atomic E-state index is 10.2. The van der Waals surface area contributed by atoms with Crippen LogP contribution in [-0.4, -0.2) is 48.7 Å². The zero-order chi connectivity index (χ0) is 26.1. The lowest BCUT2D eigenvalue weighted by atomic mass is 10.1. The van der Waals surface area contributed by atoms with Gasteiger partial charge in [-0.05, 0) is 56.5 Å². The van der Waals surface area contributed by atoms with Crippen molar-refractivity contribution in [1.29, 1.82) is 0 Å². The van der Waals surface area contributed by atoms with E-state index in [0.717, 1.165) is 30.8 Å². The van der Waals surface area contributed by atoms with Crippen molar-refractivity contribution in [3.05, 3.63) is 70.0 Å². The summed E-state index contributed by atoms with van der Waals surface area (Å²) in [5.41, 5.74) is 6.66. The minimum Gasteiger partial charge on any atom is -0.384 e. The maximum Gasteiger partial charge on any atom is 0.239 e. The first-order valence-electron chi connectivity index (χ1n) is 12.1. The third-order valence-corrected chi connectivity index (χ3v) is 6.06. The van der Waals surface area contributed by atoms with E-state index in [1.807, 2.05) is 6.92 Å². The maximum atomic E-state index is 10.2. The third-order valence-electron chi connectivity index (χ3n) is 5.41. The van der Waals surface area contributed by atoms with Crippen LogP contribution in [0.5, 0.6) is 0 Å². The van der Waals surface area contributed by atoms with Crippen molar-refractivity contribution in [2.24, 2.45) is 5.10 Å². The number of carbonyl (C=O) groups is 1. The van der Waals surface area contributed by atoms with Crippen LogP contribution >= 0.6 is 23.2 Å². The molecule has 3 rings (SSSR count). The third kappa shape index (κ3) is 12.7. The highest BCUT2D eigenvalue weighted by molar-refractivity contribution is 6.35. The molecule has 1 fully saturated rings. The molecule has 2 heterocycles. The molecule has 35 heavy (non-hydrogen) atoms. The second-order valence-electron chi connectivity index (χ2n) is 8.16. The summed E-state index contributed by atoms with van der Waals surface area (Å²) in [6, 6.07) is 8.49. The molecule has 1 aromatic carbocycles. The summed E-state index contributed by atoms with van der Waals surface area (Å²) < 4.78 is 0. The van der Waals surface area contributed by atoms with Crippen LogP contribution in [-0.2, 0) is 11.2 Å². The van der Waals surface area contributed by atoms with Crippen molar-refractivity contribution in [2.45, 2.75) is 52.9 Å². The number of pyridine rings is 1. The topological polar surface area (TPSA) is 69.6 Å². The summed E-state index contributed by atoms with van der Waals surface area (Å²) in [6.07, 6.45) is 8.63. The van der Waals surface area contributed by atoms with E-state index in [9.17, 15) is 4.79 Å². The molecular weight excluding hydrogens is 481 g/mol.